The van der Waals surface area contributed by atoms with Crippen molar-refractivity contribution in [3.8, 4) is 16.9 Å². The molecule has 3 aromatic carbocycles. The number of carbonyl (C=O) groups excluding carboxylic acids is 1. The van der Waals surface area contributed by atoms with E-state index in [1.54, 1.807) is 6.07 Å². The lowest BCUT2D eigenvalue weighted by Gasteiger charge is -2.28. The molecule has 0 amide bonds. The quantitative estimate of drug-likeness (QED) is 0.0680. The van der Waals surface area contributed by atoms with Crippen LogP contribution < -0.4 is 9.64 Å². The summed E-state index contributed by atoms with van der Waals surface area (Å²) in [5, 5.41) is 18.1. The fraction of sp³-hybridized carbons (Fsp3) is 0.413. The van der Waals surface area contributed by atoms with Crippen molar-refractivity contribution in [3.63, 3.8) is 0 Å². The Morgan fingerprint density at radius 3 is 2.33 bits per heavy atom. The zero-order valence-electron chi connectivity index (χ0n) is 35.1. The van der Waals surface area contributed by atoms with Gasteiger partial charge in [-0.15, -0.1) is 0 Å². The van der Waals surface area contributed by atoms with Crippen molar-refractivity contribution in [1.82, 2.24) is 18.9 Å². The van der Waals surface area contributed by atoms with Gasteiger partial charge in [0.05, 0.1) is 46.3 Å². The summed E-state index contributed by atoms with van der Waals surface area (Å²) in [7, 11) is 3.95. The summed E-state index contributed by atoms with van der Waals surface area (Å²) in [4.78, 5) is 28.1. The highest BCUT2D eigenvalue weighted by molar-refractivity contribution is 6.35. The number of rotatable bonds is 18. The molecule has 0 aliphatic carbocycles. The van der Waals surface area contributed by atoms with Crippen molar-refractivity contribution in [1.29, 1.82) is 0 Å². The zero-order chi connectivity index (χ0) is 42.0. The van der Waals surface area contributed by atoms with E-state index in [1.807, 2.05) is 88.3 Å². The van der Waals surface area contributed by atoms with E-state index in [-0.39, 0.29) is 11.7 Å². The Balaban J connectivity index is 1.43. The Bertz CT molecular complexity index is 2470. The number of aromatic nitrogens is 4. The molecule has 0 radical (unpaired) electrons. The number of likely N-dealkylation sites (N-methyl/N-ethyl adjacent to an activating group) is 1. The van der Waals surface area contributed by atoms with Gasteiger partial charge in [-0.1, -0.05) is 42.6 Å². The highest BCUT2D eigenvalue weighted by Crippen LogP contribution is 2.43. The van der Waals surface area contributed by atoms with Crippen LogP contribution in [0.4, 0.5) is 5.69 Å². The molecular formula is C46H55Cl2N5O5. The van der Waals surface area contributed by atoms with E-state index in [0.29, 0.717) is 56.5 Å². The zero-order valence-corrected chi connectivity index (χ0v) is 36.6. The molecule has 308 valence electrons. The smallest absolute Gasteiger partial charge is 0.352 e. The topological polar surface area (TPSA) is 104 Å². The number of nitrogens with zero attached hydrogens (tertiary/aromatic N) is 5. The molecule has 0 aliphatic rings. The molecular weight excluding hydrogens is 773 g/mol. The van der Waals surface area contributed by atoms with Crippen molar-refractivity contribution in [2.75, 3.05) is 38.3 Å². The van der Waals surface area contributed by atoms with E-state index < -0.39 is 5.97 Å². The second-order valence-electron chi connectivity index (χ2n) is 15.6. The number of benzene rings is 3. The third-order valence-electron chi connectivity index (χ3n) is 11.2. The lowest BCUT2D eigenvalue weighted by atomic mass is 9.98. The van der Waals surface area contributed by atoms with Gasteiger partial charge in [-0.2, -0.15) is 5.10 Å². The number of aldehydes is 1. The number of hydrogen-bond donors (Lipinski definition) is 1. The number of fused-ring (bicyclic) bond motifs is 2. The van der Waals surface area contributed by atoms with Gasteiger partial charge >= 0.3 is 5.97 Å². The number of carboxylic acid groups (broad SMARTS) is 1. The second-order valence-corrected chi connectivity index (χ2v) is 16.4. The number of anilines is 1. The Kier molecular flexibility index (Phi) is 13.3. The van der Waals surface area contributed by atoms with Crippen LogP contribution in [0.5, 0.6) is 5.75 Å². The summed E-state index contributed by atoms with van der Waals surface area (Å²) in [5.41, 5.74) is 10.9. The molecule has 3 heterocycles. The van der Waals surface area contributed by atoms with Gasteiger partial charge in [-0.25, -0.2) is 4.79 Å². The van der Waals surface area contributed by atoms with Crippen molar-refractivity contribution >= 4 is 63.0 Å². The first-order chi connectivity index (χ1) is 27.7. The van der Waals surface area contributed by atoms with Crippen LogP contribution in [0, 0.1) is 34.6 Å². The highest BCUT2D eigenvalue weighted by Gasteiger charge is 2.28. The molecule has 0 saturated heterocycles. The maximum atomic E-state index is 13.4. The standard InChI is InChI=1S/C46H55Cl2N5O5/c1-10-11-17-57-19-16-52-39(46(55)56)24-33-20-27(2)21-38(44(33)52)50(8)25-30(5)53-40(26-54)35(13-12-18-58-34-22-28(3)43(48)29(4)23-34)36-14-15-37(47)42(45(36)53)41-31(6)49-51(9)32(41)7/h14-15,20-24,26,30H,10-13,16-19,25H2,1-9H3,(H,55,56)/t30-/m1/s1. The third-order valence-corrected chi connectivity index (χ3v) is 12.1. The predicted octanol–water partition coefficient (Wildman–Crippen LogP) is 10.9. The average molecular weight is 829 g/mol. The van der Waals surface area contributed by atoms with Crippen LogP contribution in [0.3, 0.4) is 0 Å². The molecule has 1 N–H and O–H groups in total. The molecule has 3 aromatic heterocycles. The van der Waals surface area contributed by atoms with Gasteiger partial charge in [0.1, 0.15) is 11.4 Å². The molecule has 0 aliphatic heterocycles. The molecule has 1 atom stereocenters. The van der Waals surface area contributed by atoms with Crippen LogP contribution in [0.2, 0.25) is 10.0 Å². The predicted molar refractivity (Wildman–Crippen MR) is 236 cm³/mol. The molecule has 6 aromatic rings. The summed E-state index contributed by atoms with van der Waals surface area (Å²) < 4.78 is 18.0. The number of aromatic carboxylic acids is 1. The molecule has 10 nitrogen and oxygen atoms in total. The Morgan fingerprint density at radius 1 is 0.966 bits per heavy atom. The number of aryl methyl sites for hydroxylation is 6. The summed E-state index contributed by atoms with van der Waals surface area (Å²) >= 11 is 13.6. The van der Waals surface area contributed by atoms with Crippen LogP contribution in [0.25, 0.3) is 32.9 Å². The summed E-state index contributed by atoms with van der Waals surface area (Å²) in [6.45, 7) is 16.6. The van der Waals surface area contributed by atoms with Gasteiger partial charge in [0, 0.05) is 72.4 Å². The van der Waals surface area contributed by atoms with Crippen LogP contribution in [-0.2, 0) is 24.8 Å². The molecule has 0 spiro atoms. The molecule has 0 bridgehead atoms. The van der Waals surface area contributed by atoms with Gasteiger partial charge in [0.25, 0.3) is 0 Å². The van der Waals surface area contributed by atoms with E-state index in [0.717, 1.165) is 102 Å². The minimum Gasteiger partial charge on any atom is -0.494 e. The SMILES string of the molecule is CCCCOCCn1c(C(=O)O)cc2cc(C)cc(N(C)C[C@@H](C)n3c(C=O)c(CCCOc4cc(C)c(Cl)c(C)c4)c4ccc(Cl)c(-c5c(C)nn(C)c5C)c43)c21. The second kappa shape index (κ2) is 18.0. The van der Waals surface area contributed by atoms with Crippen molar-refractivity contribution in [3.05, 3.63) is 97.5 Å². The Hall–Kier alpha value is -4.77. The number of unbranched alkanes of at least 4 members (excludes halogenated alkanes) is 1. The lowest BCUT2D eigenvalue weighted by molar-refractivity contribution is 0.0680. The van der Waals surface area contributed by atoms with Gasteiger partial charge in [0.2, 0.25) is 0 Å². The minimum atomic E-state index is -0.986. The van der Waals surface area contributed by atoms with E-state index in [4.69, 9.17) is 37.8 Å². The normalized spacial score (nSPS) is 12.2. The summed E-state index contributed by atoms with van der Waals surface area (Å²) in [6.07, 6.45) is 4.21. The van der Waals surface area contributed by atoms with Crippen molar-refractivity contribution in [2.45, 2.75) is 86.7 Å². The van der Waals surface area contributed by atoms with Gasteiger partial charge in [-0.3, -0.25) is 9.48 Å². The molecule has 58 heavy (non-hydrogen) atoms. The van der Waals surface area contributed by atoms with E-state index in [1.165, 1.54) is 0 Å². The number of carboxylic acids is 1. The fourth-order valence-electron chi connectivity index (χ4n) is 8.43. The van der Waals surface area contributed by atoms with Crippen molar-refractivity contribution in [2.24, 2.45) is 7.05 Å². The first-order valence-electron chi connectivity index (χ1n) is 20.0. The number of hydrogen-bond acceptors (Lipinski definition) is 6. The number of halogens is 2. The van der Waals surface area contributed by atoms with E-state index in [2.05, 4.69) is 29.4 Å². The van der Waals surface area contributed by atoms with Gasteiger partial charge < -0.3 is 28.6 Å². The number of carbonyl (C=O) groups is 2. The van der Waals surface area contributed by atoms with Crippen LogP contribution in [0.15, 0.2) is 42.5 Å². The molecule has 0 unspecified atom stereocenters. The summed E-state index contributed by atoms with van der Waals surface area (Å²) in [5.74, 6) is -0.220. The summed E-state index contributed by atoms with van der Waals surface area (Å²) in [6, 6.07) is 13.5. The third kappa shape index (κ3) is 8.38. The largest absolute Gasteiger partial charge is 0.494 e. The first kappa shape index (κ1) is 42.8. The van der Waals surface area contributed by atoms with Crippen LogP contribution >= 0.6 is 23.2 Å². The number of ether oxygens (including phenoxy) is 2. The maximum Gasteiger partial charge on any atom is 0.352 e. The van der Waals surface area contributed by atoms with E-state index >= 15 is 0 Å². The average Bonchev–Trinajstić information content (AvgIpc) is 3.79. The molecule has 0 saturated carbocycles. The molecule has 6 rings (SSSR count). The fourth-order valence-corrected chi connectivity index (χ4v) is 8.79. The van der Waals surface area contributed by atoms with Gasteiger partial charge in [-0.05, 0) is 119 Å². The highest BCUT2D eigenvalue weighted by atomic mass is 35.5. The first-order valence-corrected chi connectivity index (χ1v) is 20.8. The molecule has 12 heteroatoms. The van der Waals surface area contributed by atoms with Crippen LogP contribution in [-0.4, -0.2) is 69.7 Å². The Labute approximate surface area is 351 Å². The van der Waals surface area contributed by atoms with Gasteiger partial charge in [0.15, 0.2) is 6.29 Å². The molecule has 0 fully saturated rings. The minimum absolute atomic E-state index is 0.221. The Morgan fingerprint density at radius 2 is 1.69 bits per heavy atom. The van der Waals surface area contributed by atoms with Crippen LogP contribution in [0.1, 0.15) is 93.8 Å². The van der Waals surface area contributed by atoms with E-state index in [9.17, 15) is 14.7 Å². The van der Waals surface area contributed by atoms with Crippen molar-refractivity contribution < 1.29 is 24.2 Å². The monoisotopic (exact) mass is 827 g/mol. The lowest BCUT2D eigenvalue weighted by Crippen LogP contribution is -2.28. The maximum absolute atomic E-state index is 13.4.